The zero-order valence-electron chi connectivity index (χ0n) is 15.9. The standard InChI is InChI=1S/C21H19ClN2O4S/c1-24(15-7-9-23-10-8-15)20(25)19-6-5-18(29-19)16-13-14(3-4-17(16)22)21(26)28-12-11-27-2/h3-10,13H,11-12H2,1-2H3. The molecule has 0 atom stereocenters. The molecule has 3 rings (SSSR count). The number of halogens is 1. The summed E-state index contributed by atoms with van der Waals surface area (Å²) in [7, 11) is 3.25. The fraction of sp³-hybridized carbons (Fsp3) is 0.190. The van der Waals surface area contributed by atoms with Gasteiger partial charge in [0.25, 0.3) is 5.91 Å². The smallest absolute Gasteiger partial charge is 0.338 e. The van der Waals surface area contributed by atoms with E-state index in [-0.39, 0.29) is 12.5 Å². The maximum absolute atomic E-state index is 12.8. The number of nitrogens with zero attached hydrogens (tertiary/aromatic N) is 2. The molecule has 0 spiro atoms. The molecule has 0 saturated carbocycles. The first-order chi connectivity index (χ1) is 14.0. The number of carbonyl (C=O) groups excluding carboxylic acids is 2. The van der Waals surface area contributed by atoms with Gasteiger partial charge >= 0.3 is 5.97 Å². The number of thiophene rings is 1. The predicted octanol–water partition coefficient (Wildman–Crippen LogP) is 4.54. The summed E-state index contributed by atoms with van der Waals surface area (Å²) in [6.45, 7) is 0.500. The van der Waals surface area contributed by atoms with Crippen LogP contribution in [0.4, 0.5) is 5.69 Å². The topological polar surface area (TPSA) is 68.7 Å². The highest BCUT2D eigenvalue weighted by Crippen LogP contribution is 2.35. The van der Waals surface area contributed by atoms with Gasteiger partial charge in [-0.3, -0.25) is 9.78 Å². The van der Waals surface area contributed by atoms with Gasteiger partial charge in [0.2, 0.25) is 0 Å². The van der Waals surface area contributed by atoms with E-state index >= 15 is 0 Å². The molecule has 1 aromatic carbocycles. The second-order valence-electron chi connectivity index (χ2n) is 6.06. The number of esters is 1. The van der Waals surface area contributed by atoms with Crippen molar-refractivity contribution in [1.29, 1.82) is 0 Å². The molecule has 0 bridgehead atoms. The van der Waals surface area contributed by atoms with Gasteiger partial charge in [0.15, 0.2) is 0 Å². The number of hydrogen-bond donors (Lipinski definition) is 0. The number of hydrogen-bond acceptors (Lipinski definition) is 6. The number of pyridine rings is 1. The molecule has 8 heteroatoms. The van der Waals surface area contributed by atoms with Crippen molar-refractivity contribution in [3.05, 3.63) is 70.3 Å². The fourth-order valence-corrected chi connectivity index (χ4v) is 3.88. The van der Waals surface area contributed by atoms with Crippen LogP contribution in [-0.2, 0) is 9.47 Å². The molecule has 3 aromatic rings. The van der Waals surface area contributed by atoms with E-state index < -0.39 is 5.97 Å². The Labute approximate surface area is 177 Å². The Morgan fingerprint density at radius 2 is 1.86 bits per heavy atom. The Hall–Kier alpha value is -2.74. The number of aromatic nitrogens is 1. The normalized spacial score (nSPS) is 10.6. The van der Waals surface area contributed by atoms with Crippen molar-refractivity contribution >= 4 is 40.5 Å². The van der Waals surface area contributed by atoms with Crippen LogP contribution >= 0.6 is 22.9 Å². The Morgan fingerprint density at radius 3 is 2.59 bits per heavy atom. The van der Waals surface area contributed by atoms with Crippen LogP contribution in [-0.4, -0.2) is 44.2 Å². The van der Waals surface area contributed by atoms with Crippen molar-refractivity contribution in [2.24, 2.45) is 0 Å². The highest BCUT2D eigenvalue weighted by Gasteiger charge is 2.18. The molecular weight excluding hydrogens is 412 g/mol. The second-order valence-corrected chi connectivity index (χ2v) is 7.55. The van der Waals surface area contributed by atoms with Crippen LogP contribution in [0.5, 0.6) is 0 Å². The van der Waals surface area contributed by atoms with E-state index in [9.17, 15) is 9.59 Å². The van der Waals surface area contributed by atoms with Crippen LogP contribution in [0.2, 0.25) is 5.02 Å². The lowest BCUT2D eigenvalue weighted by atomic mass is 10.1. The molecule has 0 saturated heterocycles. The van der Waals surface area contributed by atoms with Crippen LogP contribution in [0, 0.1) is 0 Å². The van der Waals surface area contributed by atoms with E-state index in [1.807, 2.05) is 6.07 Å². The quantitative estimate of drug-likeness (QED) is 0.406. The van der Waals surface area contributed by atoms with Gasteiger partial charge in [-0.25, -0.2) is 4.79 Å². The zero-order valence-corrected chi connectivity index (χ0v) is 17.5. The van der Waals surface area contributed by atoms with Crippen LogP contribution in [0.1, 0.15) is 20.0 Å². The molecule has 0 N–H and O–H groups in total. The maximum atomic E-state index is 12.8. The lowest BCUT2D eigenvalue weighted by molar-refractivity contribution is 0.0388. The first-order valence-electron chi connectivity index (χ1n) is 8.75. The SMILES string of the molecule is COCCOC(=O)c1ccc(Cl)c(-c2ccc(C(=O)N(C)c3ccncc3)s2)c1. The van der Waals surface area contributed by atoms with E-state index in [4.69, 9.17) is 21.1 Å². The van der Waals surface area contributed by atoms with Crippen molar-refractivity contribution in [1.82, 2.24) is 4.98 Å². The fourth-order valence-electron chi connectivity index (χ4n) is 2.59. The van der Waals surface area contributed by atoms with Crippen LogP contribution in [0.15, 0.2) is 54.9 Å². The maximum Gasteiger partial charge on any atom is 0.338 e. The molecule has 2 aromatic heterocycles. The molecular formula is C21H19ClN2O4S. The molecule has 2 heterocycles. The third-order valence-electron chi connectivity index (χ3n) is 4.16. The number of rotatable bonds is 7. The van der Waals surface area contributed by atoms with Crippen LogP contribution < -0.4 is 4.90 Å². The third kappa shape index (κ3) is 5.00. The molecule has 0 fully saturated rings. The van der Waals surface area contributed by atoms with Gasteiger partial charge in [-0.2, -0.15) is 0 Å². The van der Waals surface area contributed by atoms with Gasteiger partial charge in [-0.1, -0.05) is 11.6 Å². The van der Waals surface area contributed by atoms with E-state index in [2.05, 4.69) is 4.98 Å². The largest absolute Gasteiger partial charge is 0.460 e. The van der Waals surface area contributed by atoms with E-state index in [0.29, 0.717) is 27.6 Å². The first kappa shape index (κ1) is 21.0. The number of ether oxygens (including phenoxy) is 2. The van der Waals surface area contributed by atoms with Gasteiger partial charge in [-0.15, -0.1) is 11.3 Å². The van der Waals surface area contributed by atoms with Gasteiger partial charge in [0.1, 0.15) is 6.61 Å². The molecule has 29 heavy (non-hydrogen) atoms. The summed E-state index contributed by atoms with van der Waals surface area (Å²) in [5, 5.41) is 0.488. The Balaban J connectivity index is 1.81. The van der Waals surface area contributed by atoms with Crippen molar-refractivity contribution < 1.29 is 19.1 Å². The number of amides is 1. The minimum Gasteiger partial charge on any atom is -0.460 e. The molecule has 1 amide bonds. The highest BCUT2D eigenvalue weighted by atomic mass is 35.5. The number of methoxy groups -OCH3 is 1. The number of anilines is 1. The summed E-state index contributed by atoms with van der Waals surface area (Å²) < 4.78 is 10.0. The molecule has 150 valence electrons. The molecule has 0 aliphatic carbocycles. The van der Waals surface area contributed by atoms with Crippen molar-refractivity contribution in [2.75, 3.05) is 32.3 Å². The van der Waals surface area contributed by atoms with Crippen LogP contribution in [0.25, 0.3) is 10.4 Å². The minimum absolute atomic E-state index is 0.140. The third-order valence-corrected chi connectivity index (χ3v) is 5.60. The number of carbonyl (C=O) groups is 2. The number of benzene rings is 1. The van der Waals surface area contributed by atoms with Crippen molar-refractivity contribution in [3.63, 3.8) is 0 Å². The van der Waals surface area contributed by atoms with E-state index in [0.717, 1.165) is 10.6 Å². The Morgan fingerprint density at radius 1 is 1.10 bits per heavy atom. The summed E-state index contributed by atoms with van der Waals surface area (Å²) in [5.41, 5.74) is 1.80. The summed E-state index contributed by atoms with van der Waals surface area (Å²) in [6.07, 6.45) is 3.27. The average Bonchev–Trinajstić information content (AvgIpc) is 3.23. The molecule has 6 nitrogen and oxygen atoms in total. The van der Waals surface area contributed by atoms with Crippen molar-refractivity contribution in [2.45, 2.75) is 0 Å². The molecule has 0 radical (unpaired) electrons. The molecule has 0 aliphatic rings. The van der Waals surface area contributed by atoms with Crippen molar-refractivity contribution in [3.8, 4) is 10.4 Å². The average molecular weight is 431 g/mol. The van der Waals surface area contributed by atoms with Gasteiger partial charge in [0.05, 0.1) is 17.0 Å². The Kier molecular flexibility index (Phi) is 6.98. The molecule has 0 aliphatic heterocycles. The lowest BCUT2D eigenvalue weighted by Crippen LogP contribution is -2.25. The summed E-state index contributed by atoms with van der Waals surface area (Å²) in [5.74, 6) is -0.594. The first-order valence-corrected chi connectivity index (χ1v) is 9.94. The Bertz CT molecular complexity index is 1010. The van der Waals surface area contributed by atoms with Gasteiger partial charge < -0.3 is 14.4 Å². The van der Waals surface area contributed by atoms with E-state index in [1.54, 1.807) is 60.7 Å². The monoisotopic (exact) mass is 430 g/mol. The summed E-state index contributed by atoms with van der Waals surface area (Å²) in [6, 6.07) is 12.0. The van der Waals surface area contributed by atoms with Crippen LogP contribution in [0.3, 0.4) is 0 Å². The minimum atomic E-state index is -0.453. The summed E-state index contributed by atoms with van der Waals surface area (Å²) in [4.78, 5) is 31.9. The lowest BCUT2D eigenvalue weighted by Gasteiger charge is -2.15. The van der Waals surface area contributed by atoms with Gasteiger partial charge in [-0.05, 0) is 42.5 Å². The van der Waals surface area contributed by atoms with E-state index in [1.165, 1.54) is 18.4 Å². The zero-order chi connectivity index (χ0) is 20.8. The predicted molar refractivity (Wildman–Crippen MR) is 114 cm³/mol. The molecule has 0 unspecified atom stereocenters. The summed E-state index contributed by atoms with van der Waals surface area (Å²) >= 11 is 7.65. The van der Waals surface area contributed by atoms with Gasteiger partial charge in [0, 0.05) is 47.7 Å². The highest BCUT2D eigenvalue weighted by molar-refractivity contribution is 7.17. The second kappa shape index (κ2) is 9.65.